The molecule has 4 heterocycles. The van der Waals surface area contributed by atoms with Gasteiger partial charge < -0.3 is 14.4 Å². The molecule has 8 heteroatoms. The first kappa shape index (κ1) is 22.3. The largest absolute Gasteiger partial charge is 0.486 e. The molecule has 0 bridgehead atoms. The van der Waals surface area contributed by atoms with E-state index in [4.69, 9.17) is 21.1 Å². The Morgan fingerprint density at radius 2 is 1.88 bits per heavy atom. The number of ether oxygens (including phenoxy) is 2. The number of hydrogen-bond acceptors (Lipinski definition) is 6. The van der Waals surface area contributed by atoms with Crippen molar-refractivity contribution in [3.05, 3.63) is 58.8 Å². The van der Waals surface area contributed by atoms with Crippen LogP contribution in [0.4, 0.5) is 4.39 Å². The summed E-state index contributed by atoms with van der Waals surface area (Å²) in [4.78, 5) is 13.5. The molecule has 174 valence electrons. The third-order valence-electron chi connectivity index (χ3n) is 6.65. The van der Waals surface area contributed by atoms with Gasteiger partial charge in [0.05, 0.1) is 23.6 Å². The lowest BCUT2D eigenvalue weighted by molar-refractivity contribution is 0.122. The lowest BCUT2D eigenvalue weighted by Gasteiger charge is -2.36. The first-order valence-corrected chi connectivity index (χ1v) is 11.8. The van der Waals surface area contributed by atoms with Crippen molar-refractivity contribution in [1.29, 1.82) is 0 Å². The maximum atomic E-state index is 14.5. The second-order valence-electron chi connectivity index (χ2n) is 8.80. The van der Waals surface area contributed by atoms with Crippen LogP contribution in [-0.4, -0.2) is 65.7 Å². The Bertz CT molecular complexity index is 1130. The second kappa shape index (κ2) is 9.79. The Kier molecular flexibility index (Phi) is 6.62. The van der Waals surface area contributed by atoms with E-state index in [0.717, 1.165) is 67.1 Å². The summed E-state index contributed by atoms with van der Waals surface area (Å²) in [7, 11) is 2.15. The van der Waals surface area contributed by atoms with E-state index in [2.05, 4.69) is 26.8 Å². The number of pyridine rings is 2. The third kappa shape index (κ3) is 5.05. The van der Waals surface area contributed by atoms with E-state index in [1.165, 1.54) is 6.20 Å². The predicted molar refractivity (Wildman–Crippen MR) is 127 cm³/mol. The number of halogens is 2. The zero-order valence-electron chi connectivity index (χ0n) is 18.8. The topological polar surface area (TPSA) is 50.7 Å². The Morgan fingerprint density at radius 1 is 1.09 bits per heavy atom. The number of nitrogens with zero attached hydrogens (tertiary/aromatic N) is 4. The van der Waals surface area contributed by atoms with Crippen LogP contribution in [0.1, 0.15) is 24.1 Å². The standard InChI is InChI=1S/C25H28ClFN4O2/c1-30(16-18-13-24-25(15-28-18)33-11-10-32-24)19-4-7-31(8-5-19)9-6-20-21-12-17(26)2-3-23(21)29-14-22(20)27/h2-3,12-15,19H,4-11,16H2,1H3. The molecule has 5 rings (SSSR count). The summed E-state index contributed by atoms with van der Waals surface area (Å²) < 4.78 is 25.8. The highest BCUT2D eigenvalue weighted by Gasteiger charge is 2.24. The van der Waals surface area contributed by atoms with Crippen molar-refractivity contribution >= 4 is 22.5 Å². The minimum atomic E-state index is -0.258. The van der Waals surface area contributed by atoms with Gasteiger partial charge in [-0.3, -0.25) is 14.9 Å². The van der Waals surface area contributed by atoms with Gasteiger partial charge in [-0.15, -0.1) is 0 Å². The van der Waals surface area contributed by atoms with Crippen molar-refractivity contribution in [3.8, 4) is 11.5 Å². The summed E-state index contributed by atoms with van der Waals surface area (Å²) >= 11 is 6.15. The third-order valence-corrected chi connectivity index (χ3v) is 6.88. The van der Waals surface area contributed by atoms with Crippen LogP contribution in [0.15, 0.2) is 36.7 Å². The lowest BCUT2D eigenvalue weighted by atomic mass is 10.0. The van der Waals surface area contributed by atoms with E-state index in [9.17, 15) is 4.39 Å². The number of hydrogen-bond donors (Lipinski definition) is 0. The van der Waals surface area contributed by atoms with Crippen molar-refractivity contribution < 1.29 is 13.9 Å². The fourth-order valence-electron chi connectivity index (χ4n) is 4.76. The van der Waals surface area contributed by atoms with Gasteiger partial charge in [0.1, 0.15) is 19.0 Å². The van der Waals surface area contributed by atoms with Crippen molar-refractivity contribution in [2.45, 2.75) is 31.8 Å². The summed E-state index contributed by atoms with van der Waals surface area (Å²) in [6.45, 7) is 4.74. The van der Waals surface area contributed by atoms with E-state index >= 15 is 0 Å². The molecule has 0 unspecified atom stereocenters. The molecule has 1 aromatic carbocycles. The maximum Gasteiger partial charge on any atom is 0.179 e. The van der Waals surface area contributed by atoms with E-state index in [0.29, 0.717) is 36.3 Å². The molecular formula is C25H28ClFN4O2. The number of rotatable bonds is 6. The van der Waals surface area contributed by atoms with Gasteiger partial charge in [0.2, 0.25) is 0 Å². The Labute approximate surface area is 198 Å². The molecule has 0 aliphatic carbocycles. The molecule has 0 radical (unpaired) electrons. The second-order valence-corrected chi connectivity index (χ2v) is 9.24. The van der Waals surface area contributed by atoms with Crippen LogP contribution in [0.2, 0.25) is 5.02 Å². The molecule has 2 aromatic heterocycles. The summed E-state index contributed by atoms with van der Waals surface area (Å²) in [5.74, 6) is 1.25. The summed E-state index contributed by atoms with van der Waals surface area (Å²) in [5.41, 5.74) is 2.47. The van der Waals surface area contributed by atoms with E-state index in [1.807, 2.05) is 18.2 Å². The molecular weight excluding hydrogens is 443 g/mol. The van der Waals surface area contributed by atoms with Gasteiger partial charge in [-0.1, -0.05) is 11.6 Å². The Hall–Kier alpha value is -2.48. The van der Waals surface area contributed by atoms with E-state index in [1.54, 1.807) is 12.3 Å². The summed E-state index contributed by atoms with van der Waals surface area (Å²) in [5, 5.41) is 1.41. The van der Waals surface area contributed by atoms with Crippen molar-refractivity contribution in [1.82, 2.24) is 19.8 Å². The highest BCUT2D eigenvalue weighted by molar-refractivity contribution is 6.31. The minimum absolute atomic E-state index is 0.258. The SMILES string of the molecule is CN(Cc1cc2c(cn1)OCCO2)C1CCN(CCc2c(F)cnc3ccc(Cl)cc23)CC1. The molecule has 2 aliphatic rings. The van der Waals surface area contributed by atoms with Crippen molar-refractivity contribution in [2.75, 3.05) is 39.9 Å². The highest BCUT2D eigenvalue weighted by Crippen LogP contribution is 2.30. The zero-order chi connectivity index (χ0) is 22.8. The fraction of sp³-hybridized carbons (Fsp3) is 0.440. The fourth-order valence-corrected chi connectivity index (χ4v) is 4.94. The Balaban J connectivity index is 1.15. The van der Waals surface area contributed by atoms with Crippen LogP contribution in [-0.2, 0) is 13.0 Å². The normalized spacial score (nSPS) is 17.1. The molecule has 1 fully saturated rings. The molecule has 3 aromatic rings. The minimum Gasteiger partial charge on any atom is -0.486 e. The molecule has 0 N–H and O–H groups in total. The monoisotopic (exact) mass is 470 g/mol. The molecule has 6 nitrogen and oxygen atoms in total. The molecule has 1 saturated heterocycles. The van der Waals surface area contributed by atoms with Gasteiger partial charge in [0.15, 0.2) is 11.5 Å². The molecule has 2 aliphatic heterocycles. The number of benzene rings is 1. The van der Waals surface area contributed by atoms with E-state index in [-0.39, 0.29) is 5.82 Å². The number of likely N-dealkylation sites (tertiary alicyclic amines) is 1. The molecule has 33 heavy (non-hydrogen) atoms. The van der Waals surface area contributed by atoms with Crippen molar-refractivity contribution in [2.24, 2.45) is 0 Å². The quantitative estimate of drug-likeness (QED) is 0.534. The predicted octanol–water partition coefficient (Wildman–Crippen LogP) is 4.33. The van der Waals surface area contributed by atoms with Crippen LogP contribution in [0.25, 0.3) is 10.9 Å². The molecule has 0 spiro atoms. The zero-order valence-corrected chi connectivity index (χ0v) is 19.5. The van der Waals surface area contributed by atoms with Crippen LogP contribution in [0.3, 0.4) is 0 Å². The van der Waals surface area contributed by atoms with Gasteiger partial charge in [0, 0.05) is 41.2 Å². The maximum absolute atomic E-state index is 14.5. The number of piperidine rings is 1. The first-order valence-electron chi connectivity index (χ1n) is 11.5. The van der Waals surface area contributed by atoms with Gasteiger partial charge >= 0.3 is 0 Å². The Morgan fingerprint density at radius 3 is 2.70 bits per heavy atom. The van der Waals surface area contributed by atoms with Gasteiger partial charge in [0.25, 0.3) is 0 Å². The van der Waals surface area contributed by atoms with Gasteiger partial charge in [-0.25, -0.2) is 4.39 Å². The average Bonchev–Trinajstić information content (AvgIpc) is 2.83. The summed E-state index contributed by atoms with van der Waals surface area (Å²) in [6.07, 6.45) is 5.87. The van der Waals surface area contributed by atoms with Crippen molar-refractivity contribution in [3.63, 3.8) is 0 Å². The van der Waals surface area contributed by atoms with Crippen LogP contribution in [0.5, 0.6) is 11.5 Å². The molecule has 0 amide bonds. The van der Waals surface area contributed by atoms with Gasteiger partial charge in [-0.05, 0) is 57.6 Å². The smallest absolute Gasteiger partial charge is 0.179 e. The molecule has 0 atom stereocenters. The molecule has 0 saturated carbocycles. The number of fused-ring (bicyclic) bond motifs is 2. The van der Waals surface area contributed by atoms with E-state index < -0.39 is 0 Å². The lowest BCUT2D eigenvalue weighted by Crippen LogP contribution is -2.43. The summed E-state index contributed by atoms with van der Waals surface area (Å²) in [6, 6.07) is 7.93. The van der Waals surface area contributed by atoms with Crippen LogP contribution in [0, 0.1) is 5.82 Å². The number of aromatic nitrogens is 2. The first-order chi connectivity index (χ1) is 16.1. The van der Waals surface area contributed by atoms with Crippen LogP contribution >= 0.6 is 11.6 Å². The average molecular weight is 471 g/mol. The highest BCUT2D eigenvalue weighted by atomic mass is 35.5. The van der Waals surface area contributed by atoms with Crippen LogP contribution < -0.4 is 9.47 Å². The van der Waals surface area contributed by atoms with Gasteiger partial charge in [-0.2, -0.15) is 0 Å².